The van der Waals surface area contributed by atoms with Crippen molar-refractivity contribution in [2.75, 3.05) is 0 Å². The van der Waals surface area contributed by atoms with Gasteiger partial charge in [-0.3, -0.25) is 39.9 Å². The minimum Gasteiger partial charge on any atom is -0.255 e. The van der Waals surface area contributed by atoms with Gasteiger partial charge in [0.15, 0.2) is 93.1 Å². The first-order valence-corrected chi connectivity index (χ1v) is 39.9. The summed E-state index contributed by atoms with van der Waals surface area (Å²) in [5, 5.41) is 0. The lowest BCUT2D eigenvalue weighted by atomic mass is 10.1. The fourth-order valence-corrected chi connectivity index (χ4v) is 11.6. The number of aromatic nitrogens is 8. The zero-order chi connectivity index (χ0) is 97.7. The van der Waals surface area contributed by atoms with Crippen LogP contribution in [-0.4, -0.2) is 39.9 Å². The second kappa shape index (κ2) is 46.4. The van der Waals surface area contributed by atoms with Gasteiger partial charge in [0, 0.05) is 116 Å². The summed E-state index contributed by atoms with van der Waals surface area (Å²) >= 11 is 0. The molecule has 8 nitrogen and oxygen atoms in total. The maximum Gasteiger partial charge on any atom is 0.200 e. The highest BCUT2D eigenvalue weighted by Gasteiger charge is 2.29. The number of pyridine rings is 8. The Balaban J connectivity index is 0.000000153. The van der Waals surface area contributed by atoms with E-state index < -0.39 is 139 Å². The van der Waals surface area contributed by atoms with Crippen molar-refractivity contribution >= 4 is 0 Å². The third-order valence-corrected chi connectivity index (χ3v) is 18.5. The van der Waals surface area contributed by atoms with Crippen molar-refractivity contribution in [3.05, 3.63) is 510 Å². The lowest BCUT2D eigenvalue weighted by Crippen LogP contribution is -2.04. The van der Waals surface area contributed by atoms with Gasteiger partial charge in [-0.25, -0.2) is 87.8 Å². The van der Waals surface area contributed by atoms with Crippen LogP contribution in [0.5, 0.6) is 0 Å². The molecule has 0 aliphatic carbocycles. The fraction of sp³-hybridized carbons (Fsp3) is 0. The van der Waals surface area contributed by atoms with E-state index in [1.54, 1.807) is 24.8 Å². The van der Waals surface area contributed by atoms with E-state index in [9.17, 15) is 87.8 Å². The normalized spacial score (nSPS) is 10.0. The first-order valence-electron chi connectivity index (χ1n) is 39.9. The molecule has 0 saturated carbocycles. The van der Waals surface area contributed by atoms with E-state index in [1.165, 1.54) is 73.3 Å². The third-order valence-electron chi connectivity index (χ3n) is 18.5. The van der Waals surface area contributed by atoms with Crippen LogP contribution >= 0.6 is 0 Å². The van der Waals surface area contributed by atoms with E-state index in [2.05, 4.69) is 111 Å². The quantitative estimate of drug-likeness (QED) is 0.0743. The molecule has 8 aromatic heterocycles. The Bertz CT molecular complexity index is 6970. The van der Waals surface area contributed by atoms with Gasteiger partial charge >= 0.3 is 0 Å². The summed E-state index contributed by atoms with van der Waals surface area (Å²) < 4.78 is 270. The molecule has 0 fully saturated rings. The van der Waals surface area contributed by atoms with Crippen molar-refractivity contribution in [1.29, 1.82) is 0 Å². The number of hydrogen-bond acceptors (Lipinski definition) is 8. The number of benzene rings is 9. The summed E-state index contributed by atoms with van der Waals surface area (Å²) in [6.45, 7) is 0. The largest absolute Gasteiger partial charge is 0.255 e. The van der Waals surface area contributed by atoms with Crippen LogP contribution in [0.2, 0.25) is 0 Å². The van der Waals surface area contributed by atoms with Crippen molar-refractivity contribution in [2.45, 2.75) is 0 Å². The van der Waals surface area contributed by atoms with Crippen LogP contribution in [0.4, 0.5) is 87.8 Å². The van der Waals surface area contributed by atoms with Gasteiger partial charge in [-0.05, 0) is 146 Å². The number of nitrogens with zero attached hydrogens (tertiary/aromatic N) is 8. The molecule has 0 N–H and O–H groups in total. The van der Waals surface area contributed by atoms with E-state index in [4.69, 9.17) is 0 Å². The molecule has 28 heteroatoms. The predicted molar refractivity (Wildman–Crippen MR) is 475 cm³/mol. The van der Waals surface area contributed by atoms with Gasteiger partial charge in [-0.15, -0.1) is 0 Å². The Morgan fingerprint density at radius 1 is 0.116 bits per heavy atom. The summed E-state index contributed by atoms with van der Waals surface area (Å²) in [7, 11) is 0. The summed E-state index contributed by atoms with van der Waals surface area (Å²) in [6, 6.07) is 77.1. The summed E-state index contributed by atoms with van der Waals surface area (Å²) in [4.78, 5) is 33.8. The fourth-order valence-electron chi connectivity index (χ4n) is 11.6. The summed E-state index contributed by atoms with van der Waals surface area (Å²) in [5.41, 5.74) is 5.70. The lowest BCUT2D eigenvalue weighted by molar-refractivity contribution is 0.376. The van der Waals surface area contributed by atoms with Gasteiger partial charge in [0.25, 0.3) is 0 Å². The highest BCUT2D eigenvalue weighted by molar-refractivity contribution is 5.65. The highest BCUT2D eigenvalue weighted by atomic mass is 19.2. The average Bonchev–Trinajstić information content (AvgIpc) is 0.802. The Kier molecular flexibility index (Phi) is 32.5. The first kappa shape index (κ1) is 96.8. The van der Waals surface area contributed by atoms with Crippen molar-refractivity contribution in [3.63, 3.8) is 0 Å². The van der Waals surface area contributed by atoms with Crippen LogP contribution in [0.25, 0.3) is 45.6 Å². The average molecular weight is 1860 g/mol. The molecule has 138 heavy (non-hydrogen) atoms. The molecule has 0 bridgehead atoms. The van der Waals surface area contributed by atoms with E-state index >= 15 is 0 Å². The second-order valence-corrected chi connectivity index (χ2v) is 27.8. The van der Waals surface area contributed by atoms with Crippen molar-refractivity contribution in [3.8, 4) is 140 Å². The molecule has 8 heterocycles. The Morgan fingerprint density at radius 3 is 0.362 bits per heavy atom. The van der Waals surface area contributed by atoms with Gasteiger partial charge in [-0.1, -0.05) is 204 Å². The number of hydrogen-bond donors (Lipinski definition) is 0. The minimum atomic E-state index is -2.33. The van der Waals surface area contributed by atoms with Gasteiger partial charge in [0.05, 0.1) is 45.6 Å². The molecule has 0 amide bonds. The maximum atomic E-state index is 13.8. The zero-order valence-corrected chi connectivity index (χ0v) is 70.0. The number of halogens is 20. The molecule has 0 radical (unpaired) electrons. The molecule has 0 saturated heterocycles. The molecule has 670 valence electrons. The topological polar surface area (TPSA) is 103 Å². The van der Waals surface area contributed by atoms with Crippen molar-refractivity contribution < 1.29 is 87.8 Å². The highest BCUT2D eigenvalue weighted by Crippen LogP contribution is 2.30. The van der Waals surface area contributed by atoms with Crippen molar-refractivity contribution in [1.82, 2.24) is 39.9 Å². The number of rotatable bonds is 4. The Morgan fingerprint density at radius 2 is 0.225 bits per heavy atom. The lowest BCUT2D eigenvalue weighted by Gasteiger charge is -2.03. The van der Waals surface area contributed by atoms with Gasteiger partial charge < -0.3 is 0 Å². The third kappa shape index (κ3) is 25.1. The molecule has 17 rings (SSSR count). The van der Waals surface area contributed by atoms with Crippen LogP contribution in [0.1, 0.15) is 89.0 Å². The predicted octanol–water partition coefficient (Wildman–Crippen LogP) is 24.2. The Hall–Kier alpha value is -18.7. The standard InChI is InChI=1S/2C26H6F10N2.2C26H16N2.C6H6/c2*27-17-13(18(28)22(32)25(35)21(17)31)3-1-11-5-7-37-15(9-11)16-10-12(6-8-38-16)2-4-14-19(29)23(33)26(36)24(34)20(14)30;2*1-3-7-21(8-4-1)11-13-23-15-17-27-25(19-23)26-20-24(16-18-28-26)14-12-22-9-5-2-6-10-22;1-2-4-6-5-3-1/h2*5-10H;2*1-10,15-20H;1-6H. The van der Waals surface area contributed by atoms with Gasteiger partial charge in [0.1, 0.15) is 22.3 Å². The zero-order valence-electron chi connectivity index (χ0n) is 70.0. The second-order valence-electron chi connectivity index (χ2n) is 27.8. The summed E-state index contributed by atoms with van der Waals surface area (Å²) in [5.74, 6) is -1.46. The molecule has 0 spiro atoms. The molecular formula is C110H50F20N8. The van der Waals surface area contributed by atoms with Crippen LogP contribution in [0, 0.1) is 211 Å². The van der Waals surface area contributed by atoms with E-state index in [0.29, 0.717) is 0 Å². The maximum absolute atomic E-state index is 13.8. The molecule has 0 atom stereocenters. The molecular weight excluding hydrogens is 1810 g/mol. The minimum absolute atomic E-state index is 0.0265. The smallest absolute Gasteiger partial charge is 0.200 e. The Labute approximate surface area is 773 Å². The van der Waals surface area contributed by atoms with E-state index in [0.717, 1.165) is 67.3 Å². The molecule has 0 aliphatic rings. The molecule has 0 aliphatic heterocycles. The summed E-state index contributed by atoms with van der Waals surface area (Å²) in [6.07, 6.45) is 11.8. The van der Waals surface area contributed by atoms with Crippen LogP contribution in [-0.2, 0) is 0 Å². The van der Waals surface area contributed by atoms with E-state index in [-0.39, 0.29) is 45.0 Å². The SMILES string of the molecule is C(#Cc1ccnc(-c2cc(C#Cc3ccccc3)ccn2)c1)c1ccccc1.C(#Cc1ccnc(-c2cc(C#Cc3ccccc3)ccn2)c1)c1ccccc1.Fc1c(F)c(F)c(C#Cc2ccnc(-c3cc(C#Cc4c(F)c(F)c(F)c(F)c4F)ccn3)c2)c(F)c1F.Fc1c(F)c(F)c(C#Cc2ccnc(-c3cc(C#Cc4c(F)c(F)c(F)c(F)c4F)ccn3)c2)c(F)c1F.c1ccccc1. The van der Waals surface area contributed by atoms with Crippen LogP contribution in [0.15, 0.2) is 304 Å². The van der Waals surface area contributed by atoms with Crippen molar-refractivity contribution in [2.24, 2.45) is 0 Å². The van der Waals surface area contributed by atoms with Crippen LogP contribution in [0.3, 0.4) is 0 Å². The van der Waals surface area contributed by atoms with E-state index in [1.807, 2.05) is 230 Å². The van der Waals surface area contributed by atoms with Crippen LogP contribution < -0.4 is 0 Å². The van der Waals surface area contributed by atoms with Gasteiger partial charge in [-0.2, -0.15) is 0 Å². The molecule has 0 unspecified atom stereocenters. The van der Waals surface area contributed by atoms with Gasteiger partial charge in [0.2, 0.25) is 23.3 Å². The first-order chi connectivity index (χ1) is 66.7. The molecule has 9 aromatic carbocycles. The monoisotopic (exact) mass is 1860 g/mol. The molecule has 17 aromatic rings.